The van der Waals surface area contributed by atoms with Gasteiger partial charge in [-0.15, -0.1) is 0 Å². The van der Waals surface area contributed by atoms with Crippen molar-refractivity contribution in [1.29, 1.82) is 0 Å². The summed E-state index contributed by atoms with van der Waals surface area (Å²) >= 11 is 0. The molecule has 0 rings (SSSR count). The molecule has 0 saturated carbocycles. The first-order chi connectivity index (χ1) is 8.27. The highest BCUT2D eigenvalue weighted by Crippen LogP contribution is 1.93. The predicted octanol–water partition coefficient (Wildman–Crippen LogP) is 1.83. The lowest BCUT2D eigenvalue weighted by Gasteiger charge is -2.08. The largest absolute Gasteiger partial charge is 0.382 e. The quantitative estimate of drug-likeness (QED) is 0.504. The van der Waals surface area contributed by atoms with Crippen molar-refractivity contribution >= 4 is 0 Å². The number of hydrogen-bond donors (Lipinski definition) is 1. The zero-order chi connectivity index (χ0) is 12.8. The molecule has 0 heterocycles. The highest BCUT2D eigenvalue weighted by Gasteiger charge is 1.93. The van der Waals surface area contributed by atoms with Gasteiger partial charge in [0.1, 0.15) is 0 Å². The fraction of sp³-hybridized carbons (Fsp3) is 1.00. The standard InChI is InChI=1S/C13H29NO3/c1-13(2)17-10-5-4-7-14-8-6-9-16-12-11-15-3/h13-14H,4-12H2,1-3H3. The van der Waals surface area contributed by atoms with Gasteiger partial charge in [0.15, 0.2) is 0 Å². The lowest BCUT2D eigenvalue weighted by molar-refractivity contribution is 0.0692. The molecule has 17 heavy (non-hydrogen) atoms. The molecule has 0 aliphatic heterocycles. The summed E-state index contributed by atoms with van der Waals surface area (Å²) in [6.07, 6.45) is 3.73. The third-order valence-corrected chi connectivity index (χ3v) is 2.27. The molecule has 0 aliphatic carbocycles. The van der Waals surface area contributed by atoms with Crippen LogP contribution < -0.4 is 5.32 Å². The van der Waals surface area contributed by atoms with Crippen LogP contribution in [0.1, 0.15) is 33.1 Å². The number of rotatable bonds is 13. The Kier molecular flexibility index (Phi) is 13.8. The van der Waals surface area contributed by atoms with Gasteiger partial charge >= 0.3 is 0 Å². The maximum absolute atomic E-state index is 5.46. The zero-order valence-electron chi connectivity index (χ0n) is 11.7. The van der Waals surface area contributed by atoms with Gasteiger partial charge in [-0.2, -0.15) is 0 Å². The third kappa shape index (κ3) is 15.8. The van der Waals surface area contributed by atoms with Gasteiger partial charge in [-0.1, -0.05) is 0 Å². The van der Waals surface area contributed by atoms with Crippen LogP contribution in [-0.2, 0) is 14.2 Å². The summed E-state index contributed by atoms with van der Waals surface area (Å²) in [5.74, 6) is 0. The van der Waals surface area contributed by atoms with E-state index < -0.39 is 0 Å². The fourth-order valence-electron chi connectivity index (χ4n) is 1.34. The Labute approximate surface area is 106 Å². The van der Waals surface area contributed by atoms with E-state index in [1.54, 1.807) is 7.11 Å². The van der Waals surface area contributed by atoms with E-state index >= 15 is 0 Å². The molecule has 4 nitrogen and oxygen atoms in total. The van der Waals surface area contributed by atoms with Gasteiger partial charge in [-0.25, -0.2) is 0 Å². The Bertz CT molecular complexity index is 143. The molecule has 0 saturated heterocycles. The van der Waals surface area contributed by atoms with Gasteiger partial charge in [0.2, 0.25) is 0 Å². The van der Waals surface area contributed by atoms with Gasteiger partial charge in [-0.3, -0.25) is 0 Å². The minimum Gasteiger partial charge on any atom is -0.382 e. The van der Waals surface area contributed by atoms with Crippen LogP contribution >= 0.6 is 0 Å². The Morgan fingerprint density at radius 3 is 2.35 bits per heavy atom. The molecular weight excluding hydrogens is 218 g/mol. The van der Waals surface area contributed by atoms with Gasteiger partial charge in [-0.05, 0) is 46.2 Å². The van der Waals surface area contributed by atoms with Crippen molar-refractivity contribution in [2.45, 2.75) is 39.2 Å². The molecule has 0 radical (unpaired) electrons. The van der Waals surface area contributed by atoms with Gasteiger partial charge < -0.3 is 19.5 Å². The molecule has 0 bridgehead atoms. The van der Waals surface area contributed by atoms with Crippen LogP contribution in [0.4, 0.5) is 0 Å². The van der Waals surface area contributed by atoms with Crippen LogP contribution in [0.5, 0.6) is 0 Å². The number of methoxy groups -OCH3 is 1. The van der Waals surface area contributed by atoms with Gasteiger partial charge in [0.25, 0.3) is 0 Å². The average Bonchev–Trinajstić information content (AvgIpc) is 2.30. The molecule has 0 aromatic heterocycles. The highest BCUT2D eigenvalue weighted by atomic mass is 16.5. The summed E-state index contributed by atoms with van der Waals surface area (Å²) in [6, 6.07) is 0. The second-order valence-corrected chi connectivity index (χ2v) is 4.34. The van der Waals surface area contributed by atoms with Gasteiger partial charge in [0, 0.05) is 20.3 Å². The highest BCUT2D eigenvalue weighted by molar-refractivity contribution is 4.49. The van der Waals surface area contributed by atoms with Crippen molar-refractivity contribution < 1.29 is 14.2 Å². The first-order valence-electron chi connectivity index (χ1n) is 6.66. The van der Waals surface area contributed by atoms with Crippen molar-refractivity contribution in [3.05, 3.63) is 0 Å². The summed E-state index contributed by atoms with van der Waals surface area (Å²) in [5.41, 5.74) is 0. The Morgan fingerprint density at radius 1 is 0.882 bits per heavy atom. The van der Waals surface area contributed by atoms with Crippen molar-refractivity contribution in [2.75, 3.05) is 46.6 Å². The SMILES string of the molecule is COCCOCCCNCCCCOC(C)C. The van der Waals surface area contributed by atoms with Crippen molar-refractivity contribution in [3.8, 4) is 0 Å². The summed E-state index contributed by atoms with van der Waals surface area (Å²) < 4.78 is 15.7. The number of hydrogen-bond acceptors (Lipinski definition) is 4. The van der Waals surface area contributed by atoms with E-state index in [2.05, 4.69) is 19.2 Å². The molecule has 0 aromatic carbocycles. The normalized spacial score (nSPS) is 11.3. The molecule has 0 fully saturated rings. The van der Waals surface area contributed by atoms with Crippen LogP contribution in [0.2, 0.25) is 0 Å². The van der Waals surface area contributed by atoms with E-state index in [1.807, 2.05) is 0 Å². The molecule has 0 aliphatic rings. The maximum Gasteiger partial charge on any atom is 0.0700 e. The maximum atomic E-state index is 5.46. The second-order valence-electron chi connectivity index (χ2n) is 4.34. The van der Waals surface area contributed by atoms with Crippen LogP contribution in [0.15, 0.2) is 0 Å². The summed E-state index contributed by atoms with van der Waals surface area (Å²) in [5, 5.41) is 3.40. The van der Waals surface area contributed by atoms with E-state index in [0.29, 0.717) is 19.3 Å². The fourth-order valence-corrected chi connectivity index (χ4v) is 1.34. The van der Waals surface area contributed by atoms with E-state index in [9.17, 15) is 0 Å². The van der Waals surface area contributed by atoms with Gasteiger partial charge in [0.05, 0.1) is 19.3 Å². The lowest BCUT2D eigenvalue weighted by Crippen LogP contribution is -2.19. The molecule has 0 aromatic rings. The Balaban J connectivity index is 2.89. The molecule has 4 heteroatoms. The van der Waals surface area contributed by atoms with E-state index in [0.717, 1.165) is 39.1 Å². The Morgan fingerprint density at radius 2 is 1.65 bits per heavy atom. The smallest absolute Gasteiger partial charge is 0.0700 e. The van der Waals surface area contributed by atoms with E-state index in [1.165, 1.54) is 6.42 Å². The number of nitrogens with one attached hydrogen (secondary N) is 1. The lowest BCUT2D eigenvalue weighted by atomic mass is 10.3. The first kappa shape index (κ1) is 16.8. The molecule has 0 amide bonds. The van der Waals surface area contributed by atoms with Crippen LogP contribution in [0.3, 0.4) is 0 Å². The van der Waals surface area contributed by atoms with Crippen LogP contribution in [-0.4, -0.2) is 52.7 Å². The monoisotopic (exact) mass is 247 g/mol. The topological polar surface area (TPSA) is 39.7 Å². The zero-order valence-corrected chi connectivity index (χ0v) is 11.7. The second kappa shape index (κ2) is 13.9. The molecule has 0 spiro atoms. The minimum atomic E-state index is 0.354. The van der Waals surface area contributed by atoms with Crippen molar-refractivity contribution in [2.24, 2.45) is 0 Å². The van der Waals surface area contributed by atoms with E-state index in [-0.39, 0.29) is 0 Å². The van der Waals surface area contributed by atoms with Crippen LogP contribution in [0.25, 0.3) is 0 Å². The summed E-state index contributed by atoms with van der Waals surface area (Å²) in [6.45, 7) is 9.31. The molecule has 1 N–H and O–H groups in total. The van der Waals surface area contributed by atoms with Crippen molar-refractivity contribution in [1.82, 2.24) is 5.32 Å². The molecular formula is C13H29NO3. The van der Waals surface area contributed by atoms with E-state index in [4.69, 9.17) is 14.2 Å². The summed E-state index contributed by atoms with van der Waals surface area (Å²) in [7, 11) is 1.69. The molecule has 0 atom stereocenters. The minimum absolute atomic E-state index is 0.354. The molecule has 104 valence electrons. The average molecular weight is 247 g/mol. The third-order valence-electron chi connectivity index (χ3n) is 2.27. The van der Waals surface area contributed by atoms with Crippen LogP contribution in [0, 0.1) is 0 Å². The number of ether oxygens (including phenoxy) is 3. The first-order valence-corrected chi connectivity index (χ1v) is 6.66. The molecule has 0 unspecified atom stereocenters. The summed E-state index contributed by atoms with van der Waals surface area (Å²) in [4.78, 5) is 0. The predicted molar refractivity (Wildman–Crippen MR) is 70.5 cm³/mol. The Hall–Kier alpha value is -0.160. The number of unbranched alkanes of at least 4 members (excludes halogenated alkanes) is 1. The van der Waals surface area contributed by atoms with Crippen molar-refractivity contribution in [3.63, 3.8) is 0 Å².